The molecule has 4 rings (SSSR count). The lowest BCUT2D eigenvalue weighted by molar-refractivity contribution is 0.0955. The van der Waals surface area contributed by atoms with E-state index in [0.29, 0.717) is 28.0 Å². The van der Waals surface area contributed by atoms with Crippen molar-refractivity contribution in [2.45, 2.75) is 0 Å². The molecule has 0 spiro atoms. The summed E-state index contributed by atoms with van der Waals surface area (Å²) in [5.74, 6) is 0.451. The van der Waals surface area contributed by atoms with Gasteiger partial charge in [-0.05, 0) is 60.2 Å². The van der Waals surface area contributed by atoms with Crippen LogP contribution < -0.4 is 5.43 Å². The van der Waals surface area contributed by atoms with Crippen molar-refractivity contribution in [2.75, 3.05) is 0 Å². The van der Waals surface area contributed by atoms with Gasteiger partial charge in [-0.25, -0.2) is 10.4 Å². The molecule has 0 atom stereocenters. The third-order valence-electron chi connectivity index (χ3n) is 4.18. The quantitative estimate of drug-likeness (QED) is 0.325. The minimum Gasteiger partial charge on any atom is -0.508 e. The van der Waals surface area contributed by atoms with E-state index in [1.807, 2.05) is 6.07 Å². The van der Waals surface area contributed by atoms with Gasteiger partial charge in [0.1, 0.15) is 17.3 Å². The summed E-state index contributed by atoms with van der Waals surface area (Å²) in [4.78, 5) is 19.9. The van der Waals surface area contributed by atoms with E-state index in [0.717, 1.165) is 5.56 Å². The van der Waals surface area contributed by atoms with E-state index in [9.17, 15) is 15.0 Å². The van der Waals surface area contributed by atoms with Gasteiger partial charge in [0.2, 0.25) is 0 Å². The van der Waals surface area contributed by atoms with Crippen molar-refractivity contribution in [3.05, 3.63) is 77.9 Å². The second-order valence-electron chi connectivity index (χ2n) is 6.13. The molecule has 0 aliphatic carbocycles. The molecule has 0 saturated carbocycles. The average Bonchev–Trinajstić information content (AvgIpc) is 3.12. The van der Waals surface area contributed by atoms with E-state index in [2.05, 4.69) is 20.5 Å². The number of H-pyrrole nitrogens is 1. The van der Waals surface area contributed by atoms with Crippen molar-refractivity contribution >= 4 is 23.2 Å². The Morgan fingerprint density at radius 2 is 1.82 bits per heavy atom. The second-order valence-corrected chi connectivity index (χ2v) is 6.13. The number of hydrogen-bond acceptors (Lipinski definition) is 5. The summed E-state index contributed by atoms with van der Waals surface area (Å²) in [6.45, 7) is 0. The molecule has 0 fully saturated rings. The number of nitrogens with one attached hydrogen (secondary N) is 2. The number of para-hydroxylation sites is 1. The Morgan fingerprint density at radius 3 is 2.61 bits per heavy atom. The number of carbonyl (C=O) groups is 1. The Kier molecular flexibility index (Phi) is 4.47. The minimum absolute atomic E-state index is 0.128. The van der Waals surface area contributed by atoms with Gasteiger partial charge in [-0.2, -0.15) is 5.10 Å². The van der Waals surface area contributed by atoms with E-state index in [-0.39, 0.29) is 17.4 Å². The van der Waals surface area contributed by atoms with E-state index >= 15 is 0 Å². The molecular weight excluding hydrogens is 356 g/mol. The van der Waals surface area contributed by atoms with Crippen molar-refractivity contribution in [3.8, 4) is 22.9 Å². The number of hydrogen-bond donors (Lipinski definition) is 4. The first-order chi connectivity index (χ1) is 13.6. The Hall–Kier alpha value is -4.13. The van der Waals surface area contributed by atoms with Crippen LogP contribution in [-0.2, 0) is 0 Å². The molecule has 0 bridgehead atoms. The molecule has 7 heteroatoms. The van der Waals surface area contributed by atoms with Gasteiger partial charge in [-0.1, -0.05) is 12.1 Å². The van der Waals surface area contributed by atoms with Crippen molar-refractivity contribution < 1.29 is 15.0 Å². The van der Waals surface area contributed by atoms with Gasteiger partial charge in [-0.3, -0.25) is 4.79 Å². The fraction of sp³-hybridized carbons (Fsp3) is 0. The zero-order chi connectivity index (χ0) is 19.5. The number of imidazole rings is 1. The molecule has 0 aliphatic heterocycles. The fourth-order valence-electron chi connectivity index (χ4n) is 2.74. The zero-order valence-corrected chi connectivity index (χ0v) is 14.6. The fourth-order valence-corrected chi connectivity index (χ4v) is 2.74. The lowest BCUT2D eigenvalue weighted by atomic mass is 10.2. The Labute approximate surface area is 160 Å². The summed E-state index contributed by atoms with van der Waals surface area (Å²) < 4.78 is 0. The van der Waals surface area contributed by atoms with Crippen LogP contribution in [0.15, 0.2) is 71.8 Å². The molecule has 7 nitrogen and oxygen atoms in total. The van der Waals surface area contributed by atoms with Crippen LogP contribution in [0.1, 0.15) is 15.9 Å². The Balaban J connectivity index is 1.53. The number of carbonyl (C=O) groups excluding carboxylic acids is 1. The smallest absolute Gasteiger partial charge is 0.271 e. The monoisotopic (exact) mass is 372 g/mol. The van der Waals surface area contributed by atoms with Gasteiger partial charge in [0.05, 0.1) is 22.8 Å². The van der Waals surface area contributed by atoms with Crippen molar-refractivity contribution in [1.82, 2.24) is 15.4 Å². The molecule has 0 radical (unpaired) electrons. The number of rotatable bonds is 4. The first-order valence-electron chi connectivity index (χ1n) is 8.51. The van der Waals surface area contributed by atoms with Crippen LogP contribution in [0.5, 0.6) is 11.5 Å². The SMILES string of the molecule is O=C(N/N=C/c1ccc(O)cc1)c1ccc2nc(-c3ccccc3O)[nH]c2c1. The topological polar surface area (TPSA) is 111 Å². The number of aromatic hydroxyl groups is 2. The maximum absolute atomic E-state index is 12.3. The average molecular weight is 372 g/mol. The molecule has 1 amide bonds. The molecule has 0 unspecified atom stereocenters. The molecule has 0 aliphatic rings. The maximum atomic E-state index is 12.3. The summed E-state index contributed by atoms with van der Waals surface area (Å²) >= 11 is 0. The minimum atomic E-state index is -0.365. The van der Waals surface area contributed by atoms with Crippen LogP contribution in [0.25, 0.3) is 22.4 Å². The molecule has 0 saturated heterocycles. The predicted molar refractivity (Wildman–Crippen MR) is 106 cm³/mol. The Morgan fingerprint density at radius 1 is 1.04 bits per heavy atom. The highest BCUT2D eigenvalue weighted by molar-refractivity contribution is 5.98. The normalized spacial score (nSPS) is 11.1. The summed E-state index contributed by atoms with van der Waals surface area (Å²) in [6, 6.07) is 18.4. The molecule has 28 heavy (non-hydrogen) atoms. The predicted octanol–water partition coefficient (Wildman–Crippen LogP) is 3.41. The van der Waals surface area contributed by atoms with Gasteiger partial charge < -0.3 is 15.2 Å². The molecule has 3 aromatic carbocycles. The Bertz CT molecular complexity index is 1180. The second kappa shape index (κ2) is 7.24. The number of benzene rings is 3. The van der Waals surface area contributed by atoms with E-state index in [1.54, 1.807) is 48.5 Å². The summed E-state index contributed by atoms with van der Waals surface area (Å²) in [5, 5.41) is 23.2. The van der Waals surface area contributed by atoms with Crippen LogP contribution in [0.4, 0.5) is 0 Å². The number of hydrazone groups is 1. The third kappa shape index (κ3) is 3.54. The number of aromatic amines is 1. The first kappa shape index (κ1) is 17.3. The van der Waals surface area contributed by atoms with E-state index in [4.69, 9.17) is 0 Å². The standard InChI is InChI=1S/C21H16N4O3/c26-15-8-5-13(6-9-15)12-22-25-21(28)14-7-10-17-18(11-14)24-20(23-17)16-3-1-2-4-19(16)27/h1-12,26-27H,(H,23,24)(H,25,28)/b22-12+. The largest absolute Gasteiger partial charge is 0.508 e. The summed E-state index contributed by atoms with van der Waals surface area (Å²) in [5.41, 5.74) is 5.58. The van der Waals surface area contributed by atoms with E-state index in [1.165, 1.54) is 18.3 Å². The molecule has 4 N–H and O–H groups in total. The lowest BCUT2D eigenvalue weighted by Gasteiger charge is -2.00. The first-order valence-corrected chi connectivity index (χ1v) is 8.51. The molecule has 1 heterocycles. The summed E-state index contributed by atoms with van der Waals surface area (Å²) in [6.07, 6.45) is 1.49. The number of amides is 1. The van der Waals surface area contributed by atoms with Crippen LogP contribution >= 0.6 is 0 Å². The van der Waals surface area contributed by atoms with Crippen molar-refractivity contribution in [2.24, 2.45) is 5.10 Å². The highest BCUT2D eigenvalue weighted by atomic mass is 16.3. The van der Waals surface area contributed by atoms with E-state index < -0.39 is 0 Å². The highest BCUT2D eigenvalue weighted by Gasteiger charge is 2.11. The highest BCUT2D eigenvalue weighted by Crippen LogP contribution is 2.28. The summed E-state index contributed by atoms with van der Waals surface area (Å²) in [7, 11) is 0. The maximum Gasteiger partial charge on any atom is 0.271 e. The lowest BCUT2D eigenvalue weighted by Crippen LogP contribution is -2.17. The third-order valence-corrected chi connectivity index (χ3v) is 4.18. The van der Waals surface area contributed by atoms with Gasteiger partial charge >= 0.3 is 0 Å². The molecule has 4 aromatic rings. The van der Waals surface area contributed by atoms with Gasteiger partial charge in [-0.15, -0.1) is 0 Å². The number of nitrogens with zero attached hydrogens (tertiary/aromatic N) is 2. The van der Waals surface area contributed by atoms with Crippen molar-refractivity contribution in [1.29, 1.82) is 0 Å². The van der Waals surface area contributed by atoms with Gasteiger partial charge in [0, 0.05) is 5.56 Å². The molecule has 138 valence electrons. The number of phenolic OH excluding ortho intramolecular Hbond substituents is 2. The van der Waals surface area contributed by atoms with Gasteiger partial charge in [0.25, 0.3) is 5.91 Å². The number of aromatic nitrogens is 2. The number of phenols is 2. The van der Waals surface area contributed by atoms with Crippen LogP contribution in [0.2, 0.25) is 0 Å². The van der Waals surface area contributed by atoms with Crippen LogP contribution in [-0.4, -0.2) is 32.3 Å². The zero-order valence-electron chi connectivity index (χ0n) is 14.6. The van der Waals surface area contributed by atoms with Crippen molar-refractivity contribution in [3.63, 3.8) is 0 Å². The van der Waals surface area contributed by atoms with Crippen LogP contribution in [0.3, 0.4) is 0 Å². The van der Waals surface area contributed by atoms with Crippen LogP contribution in [0, 0.1) is 0 Å². The van der Waals surface area contributed by atoms with Gasteiger partial charge in [0.15, 0.2) is 0 Å². The molecular formula is C21H16N4O3. The molecule has 1 aromatic heterocycles. The number of fused-ring (bicyclic) bond motifs is 1.